The molecule has 1 aliphatic carbocycles. The minimum absolute atomic E-state index is 0.795. The zero-order chi connectivity index (χ0) is 11.6. The number of allylic oxidation sites excluding steroid dienone is 1. The van der Waals surface area contributed by atoms with Crippen LogP contribution in [-0.4, -0.2) is 8.07 Å². The number of hydrogen-bond acceptors (Lipinski definition) is 0. The van der Waals surface area contributed by atoms with E-state index in [0.717, 1.165) is 5.54 Å². The first-order chi connectivity index (χ1) is 7.62. The summed E-state index contributed by atoms with van der Waals surface area (Å²) < 4.78 is 0. The van der Waals surface area contributed by atoms with Crippen molar-refractivity contribution < 1.29 is 0 Å². The molecule has 0 aromatic heterocycles. The van der Waals surface area contributed by atoms with Gasteiger partial charge >= 0.3 is 0 Å². The van der Waals surface area contributed by atoms with E-state index in [1.54, 1.807) is 5.19 Å². The van der Waals surface area contributed by atoms with Gasteiger partial charge in [0.15, 0.2) is 0 Å². The molecule has 0 heterocycles. The fourth-order valence-corrected chi connectivity index (χ4v) is 6.56. The van der Waals surface area contributed by atoms with E-state index in [-0.39, 0.29) is 0 Å². The predicted molar refractivity (Wildman–Crippen MR) is 74.9 cm³/mol. The topological polar surface area (TPSA) is 0 Å². The molecule has 1 aromatic rings. The first kappa shape index (κ1) is 11.7. The van der Waals surface area contributed by atoms with Crippen molar-refractivity contribution in [2.24, 2.45) is 0 Å². The van der Waals surface area contributed by atoms with Gasteiger partial charge in [-0.2, -0.15) is 0 Å². The van der Waals surface area contributed by atoms with Crippen molar-refractivity contribution in [1.82, 2.24) is 0 Å². The van der Waals surface area contributed by atoms with Gasteiger partial charge in [-0.05, 0) is 24.8 Å². The van der Waals surface area contributed by atoms with Gasteiger partial charge in [0.25, 0.3) is 0 Å². The van der Waals surface area contributed by atoms with Crippen molar-refractivity contribution in [3.8, 4) is 0 Å². The highest BCUT2D eigenvalue weighted by Crippen LogP contribution is 2.39. The molecule has 0 saturated heterocycles. The van der Waals surface area contributed by atoms with Gasteiger partial charge in [-0.25, -0.2) is 0 Å². The minimum atomic E-state index is -1.34. The van der Waals surface area contributed by atoms with Gasteiger partial charge in [-0.15, -0.1) is 0 Å². The molecule has 1 heteroatoms. The average molecular weight is 230 g/mol. The van der Waals surface area contributed by atoms with E-state index >= 15 is 0 Å². The quantitative estimate of drug-likeness (QED) is 0.530. The number of hydrogen-bond donors (Lipinski definition) is 0. The molecule has 86 valence electrons. The standard InChI is InChI=1S/C15H22Si/c1-13-9-7-8-12-15(13)16(2,3)14-10-5-4-6-11-14/h4-6,10-11,15H,1,7-9,12H2,2-3H3. The van der Waals surface area contributed by atoms with Crippen LogP contribution in [-0.2, 0) is 0 Å². The molecule has 0 N–H and O–H groups in total. The molecular weight excluding hydrogens is 208 g/mol. The van der Waals surface area contributed by atoms with Crippen LogP contribution < -0.4 is 5.19 Å². The van der Waals surface area contributed by atoms with Crippen LogP contribution in [0.2, 0.25) is 18.6 Å². The maximum absolute atomic E-state index is 4.32. The zero-order valence-corrected chi connectivity index (χ0v) is 11.5. The zero-order valence-electron chi connectivity index (χ0n) is 10.5. The fourth-order valence-electron chi connectivity index (χ4n) is 3.02. The molecule has 1 aromatic carbocycles. The van der Waals surface area contributed by atoms with Crippen LogP contribution in [0.25, 0.3) is 0 Å². The normalized spacial score (nSPS) is 22.1. The summed E-state index contributed by atoms with van der Waals surface area (Å²) in [7, 11) is -1.34. The van der Waals surface area contributed by atoms with Crippen LogP contribution in [0.4, 0.5) is 0 Å². The Morgan fingerprint density at radius 1 is 1.12 bits per heavy atom. The molecule has 1 unspecified atom stereocenters. The van der Waals surface area contributed by atoms with E-state index in [0.29, 0.717) is 0 Å². The van der Waals surface area contributed by atoms with Crippen LogP contribution in [0.3, 0.4) is 0 Å². The van der Waals surface area contributed by atoms with Gasteiger partial charge in [-0.1, -0.05) is 67.2 Å². The molecule has 0 bridgehead atoms. The van der Waals surface area contributed by atoms with Gasteiger partial charge < -0.3 is 0 Å². The lowest BCUT2D eigenvalue weighted by Crippen LogP contribution is -2.47. The maximum atomic E-state index is 4.32. The van der Waals surface area contributed by atoms with Crippen molar-refractivity contribution in [1.29, 1.82) is 0 Å². The van der Waals surface area contributed by atoms with Gasteiger partial charge in [0, 0.05) is 0 Å². The summed E-state index contributed by atoms with van der Waals surface area (Å²) in [5.74, 6) is 0. The van der Waals surface area contributed by atoms with Gasteiger partial charge in [0.05, 0.1) is 8.07 Å². The Morgan fingerprint density at radius 2 is 1.81 bits per heavy atom. The molecule has 16 heavy (non-hydrogen) atoms. The highest BCUT2D eigenvalue weighted by molar-refractivity contribution is 6.91. The Balaban J connectivity index is 2.27. The molecule has 1 saturated carbocycles. The van der Waals surface area contributed by atoms with Crippen molar-refractivity contribution in [3.05, 3.63) is 42.5 Å². The van der Waals surface area contributed by atoms with Gasteiger partial charge in [0.1, 0.15) is 0 Å². The maximum Gasteiger partial charge on any atom is 0.0876 e. The smallest absolute Gasteiger partial charge is 0.0876 e. The molecule has 0 amide bonds. The lowest BCUT2D eigenvalue weighted by Gasteiger charge is -2.37. The van der Waals surface area contributed by atoms with E-state index in [1.807, 2.05) is 0 Å². The monoisotopic (exact) mass is 230 g/mol. The third-order valence-corrected chi connectivity index (χ3v) is 8.38. The van der Waals surface area contributed by atoms with E-state index in [1.165, 1.54) is 31.3 Å². The molecule has 0 spiro atoms. The van der Waals surface area contributed by atoms with Crippen molar-refractivity contribution >= 4 is 13.3 Å². The third kappa shape index (κ3) is 2.15. The van der Waals surface area contributed by atoms with Crippen LogP contribution in [0.1, 0.15) is 25.7 Å². The SMILES string of the molecule is C=C1CCCCC1[Si](C)(C)c1ccccc1. The van der Waals surface area contributed by atoms with Crippen molar-refractivity contribution in [2.45, 2.75) is 44.3 Å². The number of benzene rings is 1. The predicted octanol–water partition coefficient (Wildman–Crippen LogP) is 4.10. The molecule has 2 rings (SSSR count). The lowest BCUT2D eigenvalue weighted by molar-refractivity contribution is 0.591. The Kier molecular flexibility index (Phi) is 3.34. The van der Waals surface area contributed by atoms with E-state index in [4.69, 9.17) is 0 Å². The van der Waals surface area contributed by atoms with Crippen molar-refractivity contribution in [3.63, 3.8) is 0 Å². The van der Waals surface area contributed by atoms with Crippen molar-refractivity contribution in [2.75, 3.05) is 0 Å². The fraction of sp³-hybridized carbons (Fsp3) is 0.467. The molecule has 1 fully saturated rings. The van der Waals surface area contributed by atoms with E-state index in [2.05, 4.69) is 50.0 Å². The van der Waals surface area contributed by atoms with E-state index < -0.39 is 8.07 Å². The Hall–Kier alpha value is -0.823. The summed E-state index contributed by atoms with van der Waals surface area (Å²) in [6.07, 6.45) is 5.38. The van der Waals surface area contributed by atoms with Gasteiger partial charge in [-0.3, -0.25) is 0 Å². The minimum Gasteiger partial charge on any atom is -0.0999 e. The van der Waals surface area contributed by atoms with Crippen LogP contribution in [0.5, 0.6) is 0 Å². The summed E-state index contributed by atoms with van der Waals surface area (Å²) in [6.45, 7) is 9.33. The van der Waals surface area contributed by atoms with E-state index in [9.17, 15) is 0 Å². The Labute approximate surface area is 100 Å². The Bertz CT molecular complexity index is 364. The summed E-state index contributed by atoms with van der Waals surface area (Å²) >= 11 is 0. The molecule has 0 nitrogen and oxygen atoms in total. The second kappa shape index (κ2) is 4.58. The molecule has 0 aliphatic heterocycles. The second-order valence-corrected chi connectivity index (χ2v) is 10.3. The molecular formula is C15H22Si. The largest absolute Gasteiger partial charge is 0.0999 e. The van der Waals surface area contributed by atoms with Crippen LogP contribution in [0.15, 0.2) is 42.5 Å². The second-order valence-electron chi connectivity index (χ2n) is 5.54. The summed E-state index contributed by atoms with van der Waals surface area (Å²) in [4.78, 5) is 0. The first-order valence-electron chi connectivity index (χ1n) is 6.35. The van der Waals surface area contributed by atoms with Crippen LogP contribution in [0, 0.1) is 0 Å². The molecule has 1 atom stereocenters. The Morgan fingerprint density at radius 3 is 2.44 bits per heavy atom. The molecule has 0 radical (unpaired) electrons. The van der Waals surface area contributed by atoms with Gasteiger partial charge in [0.2, 0.25) is 0 Å². The summed E-state index contributed by atoms with van der Waals surface area (Å²) in [5, 5.41) is 1.59. The summed E-state index contributed by atoms with van der Waals surface area (Å²) in [5.41, 5.74) is 2.32. The third-order valence-electron chi connectivity index (χ3n) is 4.12. The average Bonchev–Trinajstić information content (AvgIpc) is 2.30. The highest BCUT2D eigenvalue weighted by atomic mass is 28.3. The summed E-state index contributed by atoms with van der Waals surface area (Å²) in [6, 6.07) is 11.1. The first-order valence-corrected chi connectivity index (χ1v) is 9.43. The van der Waals surface area contributed by atoms with Crippen LogP contribution >= 0.6 is 0 Å². The molecule has 1 aliphatic rings. The highest BCUT2D eigenvalue weighted by Gasteiger charge is 2.35. The lowest BCUT2D eigenvalue weighted by atomic mass is 9.96. The number of rotatable bonds is 2.